The van der Waals surface area contributed by atoms with E-state index in [1.54, 1.807) is 7.11 Å². The minimum absolute atomic E-state index is 0.0953. The number of piperidine rings is 1. The molecule has 5 heteroatoms. The second-order valence-corrected chi connectivity index (χ2v) is 8.84. The number of carbonyl (C=O) groups excluding carboxylic acids is 2. The molecular formula is C25H32N2O3. The predicted octanol–water partition coefficient (Wildman–Crippen LogP) is 3.84. The third-order valence-electron chi connectivity index (χ3n) is 6.77. The Labute approximate surface area is 178 Å². The van der Waals surface area contributed by atoms with Crippen LogP contribution in [0, 0.1) is 0 Å². The lowest BCUT2D eigenvalue weighted by atomic mass is 9.83. The lowest BCUT2D eigenvalue weighted by Crippen LogP contribution is -2.48. The molecule has 2 heterocycles. The summed E-state index contributed by atoms with van der Waals surface area (Å²) in [5, 5.41) is 5.68. The Kier molecular flexibility index (Phi) is 6.38. The van der Waals surface area contributed by atoms with E-state index in [1.807, 2.05) is 11.0 Å². The van der Waals surface area contributed by atoms with Crippen molar-refractivity contribution in [2.75, 3.05) is 20.3 Å². The first-order valence-electron chi connectivity index (χ1n) is 11.2. The standard InChI is InChI=1S/C25H32N2O3/c1-30-18-21-10-4-5-16-27(21)24(29)13-15-25(14-12-23(28)26-25)17-20-9-6-8-19-7-2-3-11-22(19)20/h2-3,6-9,11,21H,4-5,10,12-18H2,1H3,(H,26,28)/t21-,25+/m1/s1. The number of likely N-dealkylation sites (tertiary alicyclic amines) is 1. The van der Waals surface area contributed by atoms with Gasteiger partial charge < -0.3 is 15.0 Å². The third kappa shape index (κ3) is 4.51. The Hall–Kier alpha value is -2.40. The van der Waals surface area contributed by atoms with Gasteiger partial charge in [-0.25, -0.2) is 0 Å². The third-order valence-corrected chi connectivity index (χ3v) is 6.77. The van der Waals surface area contributed by atoms with Crippen LogP contribution in [0.2, 0.25) is 0 Å². The molecule has 2 fully saturated rings. The number of nitrogens with zero attached hydrogens (tertiary/aromatic N) is 1. The fourth-order valence-corrected chi connectivity index (χ4v) is 5.18. The smallest absolute Gasteiger partial charge is 0.222 e. The molecule has 30 heavy (non-hydrogen) atoms. The average Bonchev–Trinajstić information content (AvgIpc) is 3.13. The topological polar surface area (TPSA) is 58.6 Å². The Bertz CT molecular complexity index is 905. The van der Waals surface area contributed by atoms with E-state index in [4.69, 9.17) is 4.74 Å². The molecule has 160 valence electrons. The largest absolute Gasteiger partial charge is 0.383 e. The first-order valence-corrected chi connectivity index (χ1v) is 11.2. The van der Waals surface area contributed by atoms with Crippen molar-refractivity contribution < 1.29 is 14.3 Å². The molecule has 4 rings (SSSR count). The maximum atomic E-state index is 13.1. The number of carbonyl (C=O) groups is 2. The van der Waals surface area contributed by atoms with Crippen LogP contribution in [0.25, 0.3) is 10.8 Å². The fourth-order valence-electron chi connectivity index (χ4n) is 5.18. The quantitative estimate of drug-likeness (QED) is 0.757. The van der Waals surface area contributed by atoms with E-state index in [0.29, 0.717) is 25.9 Å². The van der Waals surface area contributed by atoms with Gasteiger partial charge in [-0.2, -0.15) is 0 Å². The second-order valence-electron chi connectivity index (χ2n) is 8.84. The minimum atomic E-state index is -0.344. The summed E-state index contributed by atoms with van der Waals surface area (Å²) in [6.07, 6.45) is 6.44. The van der Waals surface area contributed by atoms with Crippen molar-refractivity contribution in [1.82, 2.24) is 10.2 Å². The van der Waals surface area contributed by atoms with Gasteiger partial charge in [-0.05, 0) is 54.9 Å². The van der Waals surface area contributed by atoms with Crippen LogP contribution in [0.1, 0.15) is 50.5 Å². The first-order chi connectivity index (χ1) is 14.6. The fraction of sp³-hybridized carbons (Fsp3) is 0.520. The molecular weight excluding hydrogens is 376 g/mol. The van der Waals surface area contributed by atoms with Crippen LogP contribution in [0.15, 0.2) is 42.5 Å². The highest BCUT2D eigenvalue weighted by atomic mass is 16.5. The Morgan fingerprint density at radius 1 is 1.20 bits per heavy atom. The van der Waals surface area contributed by atoms with Gasteiger partial charge in [0.15, 0.2) is 0 Å². The zero-order valence-corrected chi connectivity index (χ0v) is 17.9. The van der Waals surface area contributed by atoms with Crippen molar-refractivity contribution >= 4 is 22.6 Å². The molecule has 0 aromatic heterocycles. The lowest BCUT2D eigenvalue weighted by molar-refractivity contribution is -0.136. The first kappa shape index (κ1) is 20.9. The predicted molar refractivity (Wildman–Crippen MR) is 118 cm³/mol. The molecule has 0 unspecified atom stereocenters. The number of nitrogens with one attached hydrogen (secondary N) is 1. The monoisotopic (exact) mass is 408 g/mol. The van der Waals surface area contributed by atoms with E-state index in [-0.39, 0.29) is 23.4 Å². The summed E-state index contributed by atoms with van der Waals surface area (Å²) < 4.78 is 5.34. The highest BCUT2D eigenvalue weighted by molar-refractivity contribution is 5.86. The summed E-state index contributed by atoms with van der Waals surface area (Å²) in [6, 6.07) is 14.9. The highest BCUT2D eigenvalue weighted by Crippen LogP contribution is 2.32. The summed E-state index contributed by atoms with van der Waals surface area (Å²) in [5.74, 6) is 0.285. The molecule has 2 aromatic carbocycles. The number of methoxy groups -OCH3 is 1. The SMILES string of the molecule is COC[C@H]1CCCCN1C(=O)CC[C@]1(Cc2cccc3ccccc23)CCC(=O)N1. The molecule has 1 N–H and O–H groups in total. The molecule has 2 aromatic rings. The normalized spacial score (nSPS) is 24.2. The van der Waals surface area contributed by atoms with Crippen LogP contribution in [-0.4, -0.2) is 48.6 Å². The van der Waals surface area contributed by atoms with Gasteiger partial charge in [0.05, 0.1) is 12.6 Å². The highest BCUT2D eigenvalue weighted by Gasteiger charge is 2.39. The van der Waals surface area contributed by atoms with Crippen molar-refractivity contribution in [3.8, 4) is 0 Å². The van der Waals surface area contributed by atoms with Crippen LogP contribution < -0.4 is 5.32 Å². The summed E-state index contributed by atoms with van der Waals surface area (Å²) in [4.78, 5) is 27.3. The van der Waals surface area contributed by atoms with Crippen LogP contribution in [0.4, 0.5) is 0 Å². The van der Waals surface area contributed by atoms with Crippen molar-refractivity contribution in [2.24, 2.45) is 0 Å². The van der Waals surface area contributed by atoms with Crippen LogP contribution in [-0.2, 0) is 20.7 Å². The van der Waals surface area contributed by atoms with Gasteiger partial charge in [0.25, 0.3) is 0 Å². The molecule has 0 aliphatic carbocycles. The van der Waals surface area contributed by atoms with Gasteiger partial charge in [0.2, 0.25) is 11.8 Å². The molecule has 2 saturated heterocycles. The zero-order valence-electron chi connectivity index (χ0n) is 17.9. The van der Waals surface area contributed by atoms with E-state index in [2.05, 4.69) is 41.7 Å². The molecule has 0 saturated carbocycles. The van der Waals surface area contributed by atoms with Crippen molar-refractivity contribution in [3.63, 3.8) is 0 Å². The van der Waals surface area contributed by atoms with Gasteiger partial charge in [-0.1, -0.05) is 42.5 Å². The van der Waals surface area contributed by atoms with Gasteiger partial charge in [0, 0.05) is 32.0 Å². The molecule has 0 radical (unpaired) electrons. The maximum Gasteiger partial charge on any atom is 0.222 e. The second kappa shape index (κ2) is 9.17. The van der Waals surface area contributed by atoms with Crippen LogP contribution in [0.5, 0.6) is 0 Å². The molecule has 0 bridgehead atoms. The van der Waals surface area contributed by atoms with Gasteiger partial charge in [-0.3, -0.25) is 9.59 Å². The summed E-state index contributed by atoms with van der Waals surface area (Å²) in [6.45, 7) is 1.42. The molecule has 2 aliphatic rings. The van der Waals surface area contributed by atoms with E-state index >= 15 is 0 Å². The van der Waals surface area contributed by atoms with E-state index in [1.165, 1.54) is 16.3 Å². The maximum absolute atomic E-state index is 13.1. The summed E-state index contributed by atoms with van der Waals surface area (Å²) >= 11 is 0. The van der Waals surface area contributed by atoms with Crippen LogP contribution in [0.3, 0.4) is 0 Å². The summed E-state index contributed by atoms with van der Waals surface area (Å²) in [7, 11) is 1.70. The Balaban J connectivity index is 1.50. The molecule has 0 spiro atoms. The van der Waals surface area contributed by atoms with Crippen molar-refractivity contribution in [2.45, 2.75) is 62.9 Å². The number of hydrogen-bond donors (Lipinski definition) is 1. The number of ether oxygens (including phenoxy) is 1. The zero-order chi connectivity index (χ0) is 21.0. The van der Waals surface area contributed by atoms with Crippen LogP contribution >= 0.6 is 0 Å². The number of rotatable bonds is 7. The average molecular weight is 409 g/mol. The number of hydrogen-bond acceptors (Lipinski definition) is 3. The Morgan fingerprint density at radius 3 is 2.83 bits per heavy atom. The van der Waals surface area contributed by atoms with Crippen molar-refractivity contribution in [1.29, 1.82) is 0 Å². The van der Waals surface area contributed by atoms with Crippen molar-refractivity contribution in [3.05, 3.63) is 48.0 Å². The number of amides is 2. The number of fused-ring (bicyclic) bond motifs is 1. The molecule has 2 amide bonds. The molecule has 2 atom stereocenters. The van der Waals surface area contributed by atoms with Gasteiger partial charge in [0.1, 0.15) is 0 Å². The molecule has 2 aliphatic heterocycles. The van der Waals surface area contributed by atoms with Gasteiger partial charge >= 0.3 is 0 Å². The molecule has 5 nitrogen and oxygen atoms in total. The van der Waals surface area contributed by atoms with Gasteiger partial charge in [-0.15, -0.1) is 0 Å². The summed E-state index contributed by atoms with van der Waals surface area (Å²) in [5.41, 5.74) is 0.890. The van der Waals surface area contributed by atoms with E-state index in [9.17, 15) is 9.59 Å². The van der Waals surface area contributed by atoms with E-state index < -0.39 is 0 Å². The Morgan fingerprint density at radius 2 is 2.03 bits per heavy atom. The van der Waals surface area contributed by atoms with E-state index in [0.717, 1.165) is 38.6 Å². The lowest BCUT2D eigenvalue weighted by Gasteiger charge is -2.37. The minimum Gasteiger partial charge on any atom is -0.383 e. The number of benzene rings is 2.